The van der Waals surface area contributed by atoms with Crippen molar-refractivity contribution in [3.63, 3.8) is 0 Å². The van der Waals surface area contributed by atoms with Crippen molar-refractivity contribution in [2.24, 2.45) is 5.92 Å². The van der Waals surface area contributed by atoms with Gasteiger partial charge < -0.3 is 0 Å². The number of pyridine rings is 1. The summed E-state index contributed by atoms with van der Waals surface area (Å²) >= 11 is 0. The van der Waals surface area contributed by atoms with Crippen LogP contribution in [0, 0.1) is 12.8 Å². The molecule has 3 fully saturated rings. The first kappa shape index (κ1) is 15.1. The number of Topliss-reactive ketones (excluding diaryl/α,β-unsaturated/α-hetero) is 1. The molecule has 3 heterocycles. The van der Waals surface area contributed by atoms with E-state index in [0.717, 1.165) is 12.0 Å². The Hall–Kier alpha value is -1.79. The zero-order chi connectivity index (χ0) is 15.9. The molecule has 2 bridgehead atoms. The van der Waals surface area contributed by atoms with E-state index >= 15 is 0 Å². The second-order valence-corrected chi connectivity index (χ2v) is 6.22. The molecule has 1 saturated carbocycles. The fourth-order valence-electron chi connectivity index (χ4n) is 3.57. The molecule has 0 radical (unpaired) electrons. The Kier molecular flexibility index (Phi) is 3.74. The summed E-state index contributed by atoms with van der Waals surface area (Å²) in [5, 5.41) is 4.51. The predicted molar refractivity (Wildman–Crippen MR) is 80.1 cm³/mol. The normalized spacial score (nSPS) is 29.6. The number of ketones is 1. The quantitative estimate of drug-likeness (QED) is 0.666. The molecule has 22 heavy (non-hydrogen) atoms. The molecule has 2 aliphatic heterocycles. The highest BCUT2D eigenvalue weighted by atomic mass is 16.7. The van der Waals surface area contributed by atoms with Crippen molar-refractivity contribution in [1.29, 1.82) is 0 Å². The third-order valence-electron chi connectivity index (χ3n) is 4.85. The van der Waals surface area contributed by atoms with Crippen LogP contribution in [0.25, 0.3) is 0 Å². The average Bonchev–Trinajstić information content (AvgIpc) is 2.52. The summed E-state index contributed by atoms with van der Waals surface area (Å²) in [5.41, 5.74) is 0.596. The Morgan fingerprint density at radius 3 is 2.73 bits per heavy atom. The molecule has 0 spiro atoms. The standard InChI is InChI=1S/C16H21N3O3/c1-10-4-7-13(17-9-10)14(20)12-6-5-11-8-16(12,18-11)15(21)19(2)22-3/h4,7,9,11-12,18H,5-6,8H2,1-3H3. The first-order valence-corrected chi connectivity index (χ1v) is 7.55. The number of aryl methyl sites for hydroxylation is 1. The van der Waals surface area contributed by atoms with Gasteiger partial charge in [0.1, 0.15) is 11.2 Å². The van der Waals surface area contributed by atoms with Gasteiger partial charge in [-0.1, -0.05) is 6.07 Å². The summed E-state index contributed by atoms with van der Waals surface area (Å²) in [7, 11) is 3.03. The van der Waals surface area contributed by atoms with Crippen LogP contribution < -0.4 is 5.32 Å². The summed E-state index contributed by atoms with van der Waals surface area (Å²) < 4.78 is 0. The van der Waals surface area contributed by atoms with Crippen molar-refractivity contribution in [2.45, 2.75) is 37.8 Å². The van der Waals surface area contributed by atoms with E-state index in [4.69, 9.17) is 4.84 Å². The second-order valence-electron chi connectivity index (χ2n) is 6.22. The lowest BCUT2D eigenvalue weighted by Crippen LogP contribution is -2.77. The summed E-state index contributed by atoms with van der Waals surface area (Å²) in [4.78, 5) is 34.8. The van der Waals surface area contributed by atoms with Crippen molar-refractivity contribution >= 4 is 11.7 Å². The third-order valence-corrected chi connectivity index (χ3v) is 4.85. The fourth-order valence-corrected chi connectivity index (χ4v) is 3.57. The molecule has 118 valence electrons. The molecule has 3 unspecified atom stereocenters. The Morgan fingerprint density at radius 1 is 1.41 bits per heavy atom. The van der Waals surface area contributed by atoms with Crippen LogP contribution in [0.5, 0.6) is 0 Å². The number of hydrogen-bond acceptors (Lipinski definition) is 5. The molecule has 1 aromatic heterocycles. The molecule has 1 aromatic rings. The van der Waals surface area contributed by atoms with Gasteiger partial charge in [-0.05, 0) is 37.8 Å². The lowest BCUT2D eigenvalue weighted by atomic mass is 9.61. The molecule has 3 atom stereocenters. The van der Waals surface area contributed by atoms with Crippen molar-refractivity contribution in [2.75, 3.05) is 14.2 Å². The number of nitrogens with one attached hydrogen (secondary N) is 1. The van der Waals surface area contributed by atoms with Crippen molar-refractivity contribution in [3.8, 4) is 0 Å². The molecule has 0 aromatic carbocycles. The summed E-state index contributed by atoms with van der Waals surface area (Å²) in [5.74, 6) is -0.641. The number of aromatic nitrogens is 1. The zero-order valence-corrected chi connectivity index (χ0v) is 13.1. The molecule has 4 rings (SSSR count). The largest absolute Gasteiger partial charge is 0.300 e. The molecule has 1 N–H and O–H groups in total. The number of fused-ring (bicyclic) bond motifs is 2. The molecule has 1 amide bonds. The Bertz CT molecular complexity index is 593. The maximum atomic E-state index is 12.9. The minimum atomic E-state index is -0.836. The number of carbonyl (C=O) groups excluding carboxylic acids is 2. The van der Waals surface area contributed by atoms with Crippen LogP contribution in [0.15, 0.2) is 18.3 Å². The van der Waals surface area contributed by atoms with E-state index in [1.165, 1.54) is 12.2 Å². The van der Waals surface area contributed by atoms with Gasteiger partial charge in [-0.3, -0.25) is 24.7 Å². The number of carbonyl (C=O) groups is 2. The van der Waals surface area contributed by atoms with Crippen LogP contribution in [-0.2, 0) is 9.63 Å². The van der Waals surface area contributed by atoms with Crippen LogP contribution in [0.2, 0.25) is 0 Å². The van der Waals surface area contributed by atoms with E-state index in [1.807, 2.05) is 13.0 Å². The number of piperidine rings is 1. The van der Waals surface area contributed by atoms with E-state index in [0.29, 0.717) is 24.6 Å². The van der Waals surface area contributed by atoms with E-state index < -0.39 is 11.5 Å². The van der Waals surface area contributed by atoms with Gasteiger partial charge >= 0.3 is 0 Å². The van der Waals surface area contributed by atoms with Crippen molar-refractivity contribution in [1.82, 2.24) is 15.4 Å². The second kappa shape index (κ2) is 5.44. The molecule has 6 nitrogen and oxygen atoms in total. The first-order chi connectivity index (χ1) is 10.5. The van der Waals surface area contributed by atoms with Gasteiger partial charge in [-0.15, -0.1) is 0 Å². The zero-order valence-electron chi connectivity index (χ0n) is 13.1. The number of hydrogen-bond donors (Lipinski definition) is 1. The SMILES string of the molecule is CON(C)C(=O)C12CC(CCC1C(=O)c1ccc(C)cn1)N2. The van der Waals surface area contributed by atoms with E-state index in [-0.39, 0.29) is 11.7 Å². The molecular formula is C16H21N3O3. The van der Waals surface area contributed by atoms with Gasteiger partial charge in [0.05, 0.1) is 13.0 Å². The highest BCUT2D eigenvalue weighted by Gasteiger charge is 2.61. The van der Waals surface area contributed by atoms with E-state index in [2.05, 4.69) is 10.3 Å². The van der Waals surface area contributed by atoms with Crippen LogP contribution >= 0.6 is 0 Å². The van der Waals surface area contributed by atoms with Gasteiger partial charge in [0.25, 0.3) is 5.91 Å². The Balaban J connectivity index is 1.89. The lowest BCUT2D eigenvalue weighted by Gasteiger charge is -2.56. The maximum absolute atomic E-state index is 12.9. The van der Waals surface area contributed by atoms with Gasteiger partial charge in [0.15, 0.2) is 5.78 Å². The fraction of sp³-hybridized carbons (Fsp3) is 0.562. The molecule has 2 saturated heterocycles. The van der Waals surface area contributed by atoms with Crippen LogP contribution in [-0.4, -0.2) is 47.5 Å². The molecule has 3 aliphatic rings. The van der Waals surface area contributed by atoms with E-state index in [9.17, 15) is 9.59 Å². The smallest absolute Gasteiger partial charge is 0.266 e. The number of rotatable bonds is 4. The molecule has 1 aliphatic carbocycles. The van der Waals surface area contributed by atoms with Gasteiger partial charge in [-0.25, -0.2) is 5.06 Å². The average molecular weight is 303 g/mol. The first-order valence-electron chi connectivity index (χ1n) is 7.55. The summed E-state index contributed by atoms with van der Waals surface area (Å²) in [6.45, 7) is 1.93. The maximum Gasteiger partial charge on any atom is 0.266 e. The summed E-state index contributed by atoms with van der Waals surface area (Å²) in [6.07, 6.45) is 3.98. The number of amides is 1. The topological polar surface area (TPSA) is 71.5 Å². The third kappa shape index (κ3) is 2.23. The van der Waals surface area contributed by atoms with Crippen molar-refractivity contribution < 1.29 is 14.4 Å². The number of hydroxylamine groups is 2. The predicted octanol–water partition coefficient (Wildman–Crippen LogP) is 1.10. The number of nitrogens with zero attached hydrogens (tertiary/aromatic N) is 2. The highest BCUT2D eigenvalue weighted by molar-refractivity contribution is 6.02. The molecular weight excluding hydrogens is 282 g/mol. The Labute approximate surface area is 129 Å². The minimum Gasteiger partial charge on any atom is -0.300 e. The van der Waals surface area contributed by atoms with Crippen LogP contribution in [0.3, 0.4) is 0 Å². The van der Waals surface area contributed by atoms with Crippen LogP contribution in [0.4, 0.5) is 0 Å². The minimum absolute atomic E-state index is 0.0662. The highest BCUT2D eigenvalue weighted by Crippen LogP contribution is 2.45. The number of likely N-dealkylation sites (N-methyl/N-ethyl adjacent to an activating group) is 1. The van der Waals surface area contributed by atoms with Crippen LogP contribution in [0.1, 0.15) is 35.3 Å². The van der Waals surface area contributed by atoms with E-state index in [1.54, 1.807) is 19.3 Å². The summed E-state index contributed by atoms with van der Waals surface area (Å²) in [6, 6.07) is 3.93. The lowest BCUT2D eigenvalue weighted by molar-refractivity contribution is -0.186. The Morgan fingerprint density at radius 2 is 2.14 bits per heavy atom. The van der Waals surface area contributed by atoms with Gasteiger partial charge in [0.2, 0.25) is 0 Å². The van der Waals surface area contributed by atoms with Gasteiger partial charge in [-0.2, -0.15) is 0 Å². The molecule has 6 heteroatoms. The monoisotopic (exact) mass is 303 g/mol. The van der Waals surface area contributed by atoms with Gasteiger partial charge in [0, 0.05) is 19.3 Å². The van der Waals surface area contributed by atoms with Crippen molar-refractivity contribution in [3.05, 3.63) is 29.6 Å².